The summed E-state index contributed by atoms with van der Waals surface area (Å²) in [5.74, 6) is 0. The molecule has 19 heavy (non-hydrogen) atoms. The lowest BCUT2D eigenvalue weighted by Crippen LogP contribution is -2.27. The van der Waals surface area contributed by atoms with Crippen LogP contribution in [0, 0.1) is 0 Å². The van der Waals surface area contributed by atoms with Gasteiger partial charge in [-0.15, -0.1) is 0 Å². The van der Waals surface area contributed by atoms with Crippen LogP contribution in [0.4, 0.5) is 0 Å². The molecule has 2 atom stereocenters. The minimum absolute atomic E-state index is 0.121. The number of hydrogen-bond donors (Lipinski definition) is 1. The second-order valence-corrected chi connectivity index (χ2v) is 5.19. The van der Waals surface area contributed by atoms with Crippen LogP contribution in [0.3, 0.4) is 0 Å². The smallest absolute Gasteiger partial charge is 0.102 e. The third-order valence-corrected chi connectivity index (χ3v) is 3.97. The zero-order chi connectivity index (χ0) is 13.2. The topological polar surface area (TPSA) is 35.2 Å². The molecule has 1 aliphatic heterocycles. The highest BCUT2D eigenvalue weighted by molar-refractivity contribution is 6.31. The van der Waals surface area contributed by atoms with Gasteiger partial charge in [0.2, 0.25) is 0 Å². The highest BCUT2D eigenvalue weighted by atomic mass is 35.5. The van der Waals surface area contributed by atoms with Gasteiger partial charge in [0.25, 0.3) is 0 Å². The van der Waals surface area contributed by atoms with Gasteiger partial charge in [-0.3, -0.25) is 0 Å². The summed E-state index contributed by atoms with van der Waals surface area (Å²) in [7, 11) is 0. The minimum Gasteiger partial charge on any atom is -0.371 e. The van der Waals surface area contributed by atoms with Crippen molar-refractivity contribution in [2.45, 2.75) is 18.6 Å². The highest BCUT2D eigenvalue weighted by Crippen LogP contribution is 2.37. The van der Waals surface area contributed by atoms with Gasteiger partial charge in [0.15, 0.2) is 0 Å². The molecule has 2 nitrogen and oxygen atoms in total. The maximum Gasteiger partial charge on any atom is 0.102 e. The lowest BCUT2D eigenvalue weighted by atomic mass is 9.90. The fourth-order valence-electron chi connectivity index (χ4n) is 2.63. The van der Waals surface area contributed by atoms with Gasteiger partial charge in [0.1, 0.15) is 6.10 Å². The summed E-state index contributed by atoms with van der Waals surface area (Å²) >= 11 is 6.23. The first-order valence-corrected chi connectivity index (χ1v) is 6.84. The molecule has 0 aliphatic carbocycles. The fourth-order valence-corrected chi connectivity index (χ4v) is 2.89. The van der Waals surface area contributed by atoms with E-state index in [2.05, 4.69) is 18.2 Å². The standard InChI is InChI=1S/C16H16ClNO/c17-14-8-4-3-7-13(14)15(18)16-12-6-2-1-5-11(12)9-10-19-16/h1-8,15-16H,9-10,18H2. The molecule has 1 aliphatic rings. The van der Waals surface area contributed by atoms with Gasteiger partial charge >= 0.3 is 0 Å². The van der Waals surface area contributed by atoms with Crippen molar-refractivity contribution in [1.29, 1.82) is 0 Å². The Balaban J connectivity index is 1.98. The molecule has 2 aromatic rings. The zero-order valence-corrected chi connectivity index (χ0v) is 11.3. The predicted octanol–water partition coefficient (Wildman–Crippen LogP) is 3.65. The van der Waals surface area contributed by atoms with Crippen molar-refractivity contribution in [2.75, 3.05) is 6.61 Å². The lowest BCUT2D eigenvalue weighted by molar-refractivity contribution is 0.0241. The van der Waals surface area contributed by atoms with Crippen molar-refractivity contribution in [1.82, 2.24) is 0 Å². The molecule has 0 fully saturated rings. The molecular formula is C16H16ClNO. The molecular weight excluding hydrogens is 258 g/mol. The number of fused-ring (bicyclic) bond motifs is 1. The van der Waals surface area contributed by atoms with Gasteiger partial charge in [0.05, 0.1) is 12.6 Å². The van der Waals surface area contributed by atoms with Crippen molar-refractivity contribution >= 4 is 11.6 Å². The van der Waals surface area contributed by atoms with E-state index in [9.17, 15) is 0 Å². The number of nitrogens with two attached hydrogens (primary N) is 1. The van der Waals surface area contributed by atoms with E-state index >= 15 is 0 Å². The van der Waals surface area contributed by atoms with Crippen LogP contribution in [0.15, 0.2) is 48.5 Å². The average molecular weight is 274 g/mol. The van der Waals surface area contributed by atoms with Crippen molar-refractivity contribution in [3.63, 3.8) is 0 Å². The van der Waals surface area contributed by atoms with E-state index in [-0.39, 0.29) is 12.1 Å². The summed E-state index contributed by atoms with van der Waals surface area (Å²) in [5, 5.41) is 0.696. The minimum atomic E-state index is -0.241. The highest BCUT2D eigenvalue weighted by Gasteiger charge is 2.28. The van der Waals surface area contributed by atoms with Crippen LogP contribution < -0.4 is 5.73 Å². The Hall–Kier alpha value is -1.35. The van der Waals surface area contributed by atoms with Gasteiger partial charge in [-0.05, 0) is 29.2 Å². The van der Waals surface area contributed by atoms with Crippen molar-refractivity contribution in [3.8, 4) is 0 Å². The van der Waals surface area contributed by atoms with Crippen molar-refractivity contribution in [2.24, 2.45) is 5.73 Å². The predicted molar refractivity (Wildman–Crippen MR) is 77.2 cm³/mol. The van der Waals surface area contributed by atoms with E-state index in [0.717, 1.165) is 12.0 Å². The first-order chi connectivity index (χ1) is 9.27. The second-order valence-electron chi connectivity index (χ2n) is 4.79. The molecule has 1 heterocycles. The van der Waals surface area contributed by atoms with Crippen LogP contribution in [0.25, 0.3) is 0 Å². The van der Waals surface area contributed by atoms with Crippen LogP contribution in [0.5, 0.6) is 0 Å². The Morgan fingerprint density at radius 2 is 1.84 bits per heavy atom. The molecule has 0 saturated heterocycles. The Labute approximate surface area is 118 Å². The molecule has 0 amide bonds. The Morgan fingerprint density at radius 3 is 2.68 bits per heavy atom. The summed E-state index contributed by atoms with van der Waals surface area (Å²) in [4.78, 5) is 0. The SMILES string of the molecule is NC(c1ccccc1Cl)C1OCCc2ccccc21. The van der Waals surface area contributed by atoms with E-state index in [1.807, 2.05) is 30.3 Å². The first kappa shape index (κ1) is 12.7. The van der Waals surface area contributed by atoms with Crippen LogP contribution in [0.1, 0.15) is 28.8 Å². The van der Waals surface area contributed by atoms with E-state index in [1.165, 1.54) is 11.1 Å². The number of hydrogen-bond acceptors (Lipinski definition) is 2. The Kier molecular flexibility index (Phi) is 3.56. The molecule has 2 N–H and O–H groups in total. The summed E-state index contributed by atoms with van der Waals surface area (Å²) in [6.07, 6.45) is 0.826. The molecule has 3 heteroatoms. The van der Waals surface area contributed by atoms with Gasteiger partial charge in [0, 0.05) is 5.02 Å². The molecule has 0 radical (unpaired) electrons. The van der Waals surface area contributed by atoms with Gasteiger partial charge in [-0.2, -0.15) is 0 Å². The fraction of sp³-hybridized carbons (Fsp3) is 0.250. The number of halogens is 1. The van der Waals surface area contributed by atoms with Crippen LogP contribution >= 0.6 is 11.6 Å². The van der Waals surface area contributed by atoms with Gasteiger partial charge in [-0.25, -0.2) is 0 Å². The van der Waals surface area contributed by atoms with Crippen LogP contribution in [0.2, 0.25) is 5.02 Å². The summed E-state index contributed by atoms with van der Waals surface area (Å²) < 4.78 is 5.89. The van der Waals surface area contributed by atoms with Gasteiger partial charge < -0.3 is 10.5 Å². The molecule has 98 valence electrons. The van der Waals surface area contributed by atoms with Crippen molar-refractivity contribution < 1.29 is 4.74 Å². The van der Waals surface area contributed by atoms with E-state index in [4.69, 9.17) is 22.1 Å². The lowest BCUT2D eigenvalue weighted by Gasteiger charge is -2.31. The largest absolute Gasteiger partial charge is 0.371 e. The number of rotatable bonds is 2. The number of ether oxygens (including phenoxy) is 1. The Bertz CT molecular complexity index is 584. The Morgan fingerprint density at radius 1 is 1.11 bits per heavy atom. The molecule has 0 bridgehead atoms. The molecule has 0 spiro atoms. The van der Waals surface area contributed by atoms with Crippen molar-refractivity contribution in [3.05, 3.63) is 70.2 Å². The zero-order valence-electron chi connectivity index (χ0n) is 10.6. The summed E-state index contributed by atoms with van der Waals surface area (Å²) in [6.45, 7) is 0.708. The molecule has 0 saturated carbocycles. The monoisotopic (exact) mass is 273 g/mol. The molecule has 2 unspecified atom stereocenters. The maximum absolute atomic E-state index is 6.38. The third-order valence-electron chi connectivity index (χ3n) is 3.62. The third kappa shape index (κ3) is 2.39. The summed E-state index contributed by atoms with van der Waals surface area (Å²) in [6, 6.07) is 15.8. The first-order valence-electron chi connectivity index (χ1n) is 6.47. The average Bonchev–Trinajstić information content (AvgIpc) is 2.46. The maximum atomic E-state index is 6.38. The number of benzene rings is 2. The molecule has 2 aromatic carbocycles. The quantitative estimate of drug-likeness (QED) is 0.906. The molecule has 0 aromatic heterocycles. The normalized spacial score (nSPS) is 19.8. The molecule has 3 rings (SSSR count). The summed E-state index contributed by atoms with van der Waals surface area (Å²) in [5.41, 5.74) is 9.81. The van der Waals surface area contributed by atoms with E-state index in [1.54, 1.807) is 0 Å². The van der Waals surface area contributed by atoms with Crippen LogP contribution in [-0.4, -0.2) is 6.61 Å². The van der Waals surface area contributed by atoms with E-state index in [0.29, 0.717) is 11.6 Å². The van der Waals surface area contributed by atoms with Gasteiger partial charge in [-0.1, -0.05) is 54.1 Å². The van der Waals surface area contributed by atoms with E-state index < -0.39 is 0 Å². The van der Waals surface area contributed by atoms with Crippen LogP contribution in [-0.2, 0) is 11.2 Å². The second kappa shape index (κ2) is 5.33.